The van der Waals surface area contributed by atoms with Crippen LogP contribution in [0.5, 0.6) is 0 Å². The van der Waals surface area contributed by atoms with Crippen LogP contribution in [0.4, 0.5) is 5.69 Å². The van der Waals surface area contributed by atoms with E-state index < -0.39 is 0 Å². The van der Waals surface area contributed by atoms with E-state index in [2.05, 4.69) is 11.4 Å². The topological polar surface area (TPSA) is 52.9 Å². The summed E-state index contributed by atoms with van der Waals surface area (Å²) >= 11 is 0. The van der Waals surface area contributed by atoms with Crippen molar-refractivity contribution in [1.82, 2.24) is 0 Å². The molecule has 0 radical (unpaired) electrons. The number of nitriles is 1. The molecule has 3 nitrogen and oxygen atoms in total. The maximum absolute atomic E-state index is 11.5. The smallest absolute Gasteiger partial charge is 0.224 e. The van der Waals surface area contributed by atoms with E-state index >= 15 is 0 Å². The van der Waals surface area contributed by atoms with Crippen molar-refractivity contribution in [3.63, 3.8) is 0 Å². The van der Waals surface area contributed by atoms with Crippen LogP contribution in [0.15, 0.2) is 24.3 Å². The Morgan fingerprint density at radius 1 is 1.38 bits per heavy atom. The van der Waals surface area contributed by atoms with E-state index in [-0.39, 0.29) is 5.91 Å². The molecule has 84 valence electrons. The Balaban J connectivity index is 2.55. The van der Waals surface area contributed by atoms with Gasteiger partial charge >= 0.3 is 0 Å². The van der Waals surface area contributed by atoms with E-state index in [1.54, 1.807) is 0 Å². The summed E-state index contributed by atoms with van der Waals surface area (Å²) in [5.41, 5.74) is 1.75. The van der Waals surface area contributed by atoms with Crippen molar-refractivity contribution < 1.29 is 4.79 Å². The van der Waals surface area contributed by atoms with Gasteiger partial charge in [-0.15, -0.1) is 0 Å². The van der Waals surface area contributed by atoms with Gasteiger partial charge < -0.3 is 5.32 Å². The Hall–Kier alpha value is -1.82. The van der Waals surface area contributed by atoms with E-state index in [9.17, 15) is 4.79 Å². The lowest BCUT2D eigenvalue weighted by molar-refractivity contribution is -0.116. The summed E-state index contributed by atoms with van der Waals surface area (Å²) in [6, 6.07) is 9.44. The van der Waals surface area contributed by atoms with Gasteiger partial charge in [0.15, 0.2) is 0 Å². The Morgan fingerprint density at radius 3 is 2.50 bits per heavy atom. The molecule has 1 amide bonds. The minimum atomic E-state index is 0.0306. The molecule has 0 saturated carbocycles. The van der Waals surface area contributed by atoms with E-state index in [4.69, 9.17) is 5.26 Å². The van der Waals surface area contributed by atoms with Crippen molar-refractivity contribution in [3.8, 4) is 6.07 Å². The highest BCUT2D eigenvalue weighted by Gasteiger charge is 2.04. The molecule has 0 aromatic heterocycles. The Bertz CT molecular complexity index is 387. The van der Waals surface area contributed by atoms with Crippen LogP contribution < -0.4 is 5.32 Å². The van der Waals surface area contributed by atoms with Crippen molar-refractivity contribution in [3.05, 3.63) is 29.8 Å². The first kappa shape index (κ1) is 12.3. The number of amides is 1. The quantitative estimate of drug-likeness (QED) is 0.841. The molecule has 1 N–H and O–H groups in total. The molecule has 3 heteroatoms. The summed E-state index contributed by atoms with van der Waals surface area (Å²) in [5.74, 6) is 0.390. The number of hydrogen-bond acceptors (Lipinski definition) is 2. The zero-order valence-corrected chi connectivity index (χ0v) is 9.66. The van der Waals surface area contributed by atoms with Gasteiger partial charge in [-0.25, -0.2) is 0 Å². The number of anilines is 1. The van der Waals surface area contributed by atoms with E-state index in [0.29, 0.717) is 18.8 Å². The highest BCUT2D eigenvalue weighted by atomic mass is 16.1. The Labute approximate surface area is 96.1 Å². The number of carbonyl (C=O) groups excluding carboxylic acids is 1. The number of hydrogen-bond donors (Lipinski definition) is 1. The monoisotopic (exact) mass is 216 g/mol. The lowest BCUT2D eigenvalue weighted by atomic mass is 10.1. The van der Waals surface area contributed by atoms with Crippen LogP contribution in [0.25, 0.3) is 0 Å². The van der Waals surface area contributed by atoms with Gasteiger partial charge in [0.05, 0.1) is 12.5 Å². The molecule has 1 aromatic rings. The third-order valence-electron chi connectivity index (χ3n) is 2.11. The molecule has 0 fully saturated rings. The summed E-state index contributed by atoms with van der Waals surface area (Å²) in [4.78, 5) is 11.5. The largest absolute Gasteiger partial charge is 0.326 e. The van der Waals surface area contributed by atoms with Crippen LogP contribution in [0, 0.1) is 17.2 Å². The molecule has 16 heavy (non-hydrogen) atoms. The fourth-order valence-electron chi connectivity index (χ4n) is 1.38. The Morgan fingerprint density at radius 2 is 2.00 bits per heavy atom. The van der Waals surface area contributed by atoms with Crippen molar-refractivity contribution in [1.29, 1.82) is 5.26 Å². The van der Waals surface area contributed by atoms with Crippen molar-refractivity contribution >= 4 is 11.6 Å². The van der Waals surface area contributed by atoms with Crippen LogP contribution in [0.1, 0.15) is 25.8 Å². The van der Waals surface area contributed by atoms with E-state index in [1.165, 1.54) is 0 Å². The van der Waals surface area contributed by atoms with Crippen LogP contribution in [0.2, 0.25) is 0 Å². The third-order valence-corrected chi connectivity index (χ3v) is 2.11. The number of rotatable bonds is 4. The molecule has 0 aliphatic heterocycles. The normalized spacial score (nSPS) is 9.88. The van der Waals surface area contributed by atoms with Gasteiger partial charge in [-0.2, -0.15) is 5.26 Å². The second-order valence-electron chi connectivity index (χ2n) is 4.18. The average Bonchev–Trinajstić information content (AvgIpc) is 2.20. The molecule has 0 aliphatic rings. The van der Waals surface area contributed by atoms with E-state index in [1.807, 2.05) is 38.1 Å². The average molecular weight is 216 g/mol. The zero-order valence-electron chi connectivity index (χ0n) is 9.66. The Kier molecular flexibility index (Phi) is 4.53. The molecule has 0 aliphatic carbocycles. The van der Waals surface area contributed by atoms with Gasteiger partial charge in [0.1, 0.15) is 0 Å². The van der Waals surface area contributed by atoms with Gasteiger partial charge in [0, 0.05) is 12.1 Å². The van der Waals surface area contributed by atoms with Gasteiger partial charge in [0.2, 0.25) is 5.91 Å². The molecule has 0 unspecified atom stereocenters. The first-order valence-corrected chi connectivity index (χ1v) is 5.37. The highest BCUT2D eigenvalue weighted by Crippen LogP contribution is 2.11. The standard InChI is InChI=1S/C13H16N2O/c1-10(2)9-13(16)15-12-5-3-11(4-6-12)7-8-14/h3-6,10H,7,9H2,1-2H3,(H,15,16). The van der Waals surface area contributed by atoms with Crippen LogP contribution in [0.3, 0.4) is 0 Å². The predicted octanol–water partition coefficient (Wildman–Crippen LogP) is 2.74. The van der Waals surface area contributed by atoms with Gasteiger partial charge in [0.25, 0.3) is 0 Å². The fourth-order valence-corrected chi connectivity index (χ4v) is 1.38. The van der Waals surface area contributed by atoms with Crippen molar-refractivity contribution in [2.45, 2.75) is 26.7 Å². The van der Waals surface area contributed by atoms with Gasteiger partial charge in [-0.05, 0) is 23.6 Å². The van der Waals surface area contributed by atoms with Crippen LogP contribution >= 0.6 is 0 Å². The summed E-state index contributed by atoms with van der Waals surface area (Å²) in [7, 11) is 0. The molecule has 0 bridgehead atoms. The third kappa shape index (κ3) is 4.14. The number of nitrogens with one attached hydrogen (secondary N) is 1. The molecule has 0 saturated heterocycles. The first-order chi connectivity index (χ1) is 7.61. The molecule has 1 rings (SSSR count). The lowest BCUT2D eigenvalue weighted by Crippen LogP contribution is -2.13. The predicted molar refractivity (Wildman–Crippen MR) is 63.8 cm³/mol. The lowest BCUT2D eigenvalue weighted by Gasteiger charge is -2.07. The minimum absolute atomic E-state index is 0.0306. The molecular weight excluding hydrogens is 200 g/mol. The maximum atomic E-state index is 11.5. The number of nitrogens with zero attached hydrogens (tertiary/aromatic N) is 1. The van der Waals surface area contributed by atoms with Crippen LogP contribution in [-0.2, 0) is 11.2 Å². The number of benzene rings is 1. The van der Waals surface area contributed by atoms with E-state index in [0.717, 1.165) is 11.3 Å². The fraction of sp³-hybridized carbons (Fsp3) is 0.385. The molecular formula is C13H16N2O. The number of carbonyl (C=O) groups is 1. The van der Waals surface area contributed by atoms with Gasteiger partial charge in [-0.3, -0.25) is 4.79 Å². The summed E-state index contributed by atoms with van der Waals surface area (Å²) in [5, 5.41) is 11.3. The summed E-state index contributed by atoms with van der Waals surface area (Å²) in [6.45, 7) is 4.02. The van der Waals surface area contributed by atoms with Crippen molar-refractivity contribution in [2.24, 2.45) is 5.92 Å². The summed E-state index contributed by atoms with van der Waals surface area (Å²) in [6.07, 6.45) is 0.931. The van der Waals surface area contributed by atoms with Gasteiger partial charge in [-0.1, -0.05) is 26.0 Å². The molecule has 0 atom stereocenters. The highest BCUT2D eigenvalue weighted by molar-refractivity contribution is 5.90. The second-order valence-corrected chi connectivity index (χ2v) is 4.18. The minimum Gasteiger partial charge on any atom is -0.326 e. The zero-order chi connectivity index (χ0) is 12.0. The SMILES string of the molecule is CC(C)CC(=O)Nc1ccc(CC#N)cc1. The molecule has 0 heterocycles. The first-order valence-electron chi connectivity index (χ1n) is 5.37. The van der Waals surface area contributed by atoms with Crippen molar-refractivity contribution in [2.75, 3.05) is 5.32 Å². The summed E-state index contributed by atoms with van der Waals surface area (Å²) < 4.78 is 0. The maximum Gasteiger partial charge on any atom is 0.224 e. The second kappa shape index (κ2) is 5.92. The molecule has 0 spiro atoms. The molecule has 1 aromatic carbocycles. The van der Waals surface area contributed by atoms with Crippen LogP contribution in [-0.4, -0.2) is 5.91 Å².